The van der Waals surface area contributed by atoms with E-state index in [1.165, 1.54) is 12.5 Å². The molecule has 8 aliphatic rings. The standard InChI is InChI=1S/C49H78O19/c1-22(52)62-20-27-33(56)34(57)37(60)42(65-27)68-40-39(61)45(4)15-16-48(7)23(24(45)17-44(40,2)3)9-10-29-46(5)13-12-30(47(6,21-51)28(46)11-14-49(29,48)8)66-43-38(35(58)32(55)26(18-50)64-43)67-41-36(59)31(54)25(53)19-63-41/h9,24-38,40-43,50-51,53-60H,10-21H2,1-8H3/t24-,25+,26+,27+,28+,29+,30-,31-,32+,33+,34-,35-,36+,37+,38+,40-,41-,42-,43-,45+,46-,47+,48+,49+/m0/s1. The molecule has 24 atom stereocenters. The van der Waals surface area contributed by atoms with Gasteiger partial charge in [0, 0.05) is 17.8 Å². The molecule has 19 heteroatoms. The van der Waals surface area contributed by atoms with Crippen LogP contribution in [-0.2, 0) is 42.7 Å². The van der Waals surface area contributed by atoms with Crippen LogP contribution in [0, 0.1) is 50.2 Å². The molecule has 0 aromatic carbocycles. The minimum atomic E-state index is -1.70. The minimum absolute atomic E-state index is 0.0461. The van der Waals surface area contributed by atoms with Crippen LogP contribution in [-0.4, -0.2) is 187 Å². The molecule has 0 radical (unpaired) electrons. The molecule has 3 heterocycles. The van der Waals surface area contributed by atoms with Gasteiger partial charge >= 0.3 is 5.97 Å². The Morgan fingerprint density at radius 1 is 0.721 bits per heavy atom. The number of esters is 1. The molecule has 19 nitrogen and oxygen atoms in total. The second-order valence-corrected chi connectivity index (χ2v) is 23.5. The van der Waals surface area contributed by atoms with E-state index in [4.69, 9.17) is 33.2 Å². The molecule has 3 saturated heterocycles. The van der Waals surface area contributed by atoms with E-state index in [0.29, 0.717) is 25.7 Å². The highest BCUT2D eigenvalue weighted by atomic mass is 16.8. The van der Waals surface area contributed by atoms with Gasteiger partial charge < -0.3 is 84.2 Å². The highest BCUT2D eigenvalue weighted by Gasteiger charge is 2.71. The third-order valence-corrected chi connectivity index (χ3v) is 19.4. The van der Waals surface area contributed by atoms with Crippen LogP contribution in [0.4, 0.5) is 0 Å². The number of Topliss-reactive ketones (excluding diaryl/α,β-unsaturated/α-hetero) is 1. The zero-order valence-corrected chi connectivity index (χ0v) is 40.7. The Kier molecular flexibility index (Phi) is 14.4. The van der Waals surface area contributed by atoms with Gasteiger partial charge in [-0.3, -0.25) is 9.59 Å². The van der Waals surface area contributed by atoms with Crippen LogP contribution in [0.25, 0.3) is 0 Å². The van der Waals surface area contributed by atoms with Crippen molar-refractivity contribution in [2.75, 3.05) is 26.4 Å². The molecule has 0 aromatic heterocycles. The van der Waals surface area contributed by atoms with Gasteiger partial charge in [-0.2, -0.15) is 0 Å². The maximum absolute atomic E-state index is 15.0. The summed E-state index contributed by atoms with van der Waals surface area (Å²) in [6.45, 7) is 14.6. The van der Waals surface area contributed by atoms with Gasteiger partial charge in [0.05, 0.1) is 25.9 Å². The average Bonchev–Trinajstić information content (AvgIpc) is 3.28. The minimum Gasteiger partial charge on any atom is -0.463 e. The van der Waals surface area contributed by atoms with Crippen molar-refractivity contribution in [2.45, 2.75) is 205 Å². The summed E-state index contributed by atoms with van der Waals surface area (Å²) in [6.07, 6.45) is -14.9. The van der Waals surface area contributed by atoms with Crippen LogP contribution in [0.5, 0.6) is 0 Å². The summed E-state index contributed by atoms with van der Waals surface area (Å²) in [7, 11) is 0. The molecule has 5 aliphatic carbocycles. The van der Waals surface area contributed by atoms with Gasteiger partial charge in [-0.25, -0.2) is 0 Å². The van der Waals surface area contributed by atoms with E-state index < -0.39 is 127 Å². The summed E-state index contributed by atoms with van der Waals surface area (Å²) in [5.74, 6) is -0.708. The Labute approximate surface area is 398 Å². The lowest BCUT2D eigenvalue weighted by molar-refractivity contribution is -0.371. The SMILES string of the molecule is CC(=O)OC[C@H]1O[C@@H](O[C@H]2C(=O)[C@]3(C)CC[C@]4(C)C(=CC[C@@H]5[C@@]6(C)CC[C@H](O[C@@H]7O[C@H](CO)[C@@H](O)[C@H](O)[C@H]7O[C@@H]7OC[C@@H](O)[C@H](O)[C@H]7O)[C@](C)(CO)[C@@H]6CC[C@]54C)[C@@H]3CC2(C)C)[C@H](O)[C@@H](O)[C@@H]1O. The maximum atomic E-state index is 15.0. The van der Waals surface area contributed by atoms with Crippen molar-refractivity contribution in [1.29, 1.82) is 0 Å². The van der Waals surface area contributed by atoms with Crippen LogP contribution in [0.15, 0.2) is 11.6 Å². The molecular formula is C49H78O19. The Morgan fingerprint density at radius 3 is 2.04 bits per heavy atom. The van der Waals surface area contributed by atoms with Crippen LogP contribution < -0.4 is 0 Å². The number of aliphatic hydroxyl groups is 10. The first-order chi connectivity index (χ1) is 31.7. The lowest BCUT2D eigenvalue weighted by Crippen LogP contribution is -2.68. The highest BCUT2D eigenvalue weighted by Crippen LogP contribution is 2.75. The van der Waals surface area contributed by atoms with Crippen LogP contribution >= 0.6 is 0 Å². The predicted octanol–water partition coefficient (Wildman–Crippen LogP) is -0.0264. The number of hydrogen-bond donors (Lipinski definition) is 10. The fourth-order valence-electron chi connectivity index (χ4n) is 14.9. The number of fused-ring (bicyclic) bond motifs is 7. The molecule has 388 valence electrons. The number of rotatable bonds is 10. The topological polar surface area (TPSA) is 301 Å². The second-order valence-electron chi connectivity index (χ2n) is 23.5. The number of carbonyl (C=O) groups is 2. The molecule has 0 bridgehead atoms. The van der Waals surface area contributed by atoms with E-state index in [9.17, 15) is 55.9 Å². The Hall–Kier alpha value is -1.76. The van der Waals surface area contributed by atoms with Gasteiger partial charge in [0.2, 0.25) is 0 Å². The summed E-state index contributed by atoms with van der Waals surface area (Å²) in [5.41, 5.74) is -1.92. The molecule has 68 heavy (non-hydrogen) atoms. The Morgan fingerprint density at radius 2 is 1.38 bits per heavy atom. The summed E-state index contributed by atoms with van der Waals surface area (Å²) in [6, 6.07) is 0. The van der Waals surface area contributed by atoms with Gasteiger partial charge in [0.15, 0.2) is 24.7 Å². The number of carbonyl (C=O) groups excluding carboxylic acids is 2. The van der Waals surface area contributed by atoms with E-state index in [1.54, 1.807) is 0 Å². The lowest BCUT2D eigenvalue weighted by atomic mass is 9.33. The van der Waals surface area contributed by atoms with Gasteiger partial charge in [-0.1, -0.05) is 60.1 Å². The summed E-state index contributed by atoms with van der Waals surface area (Å²) < 4.78 is 41.5. The number of ketones is 1. The first kappa shape index (κ1) is 52.6. The van der Waals surface area contributed by atoms with Gasteiger partial charge in [-0.05, 0) is 90.8 Å². The van der Waals surface area contributed by atoms with E-state index >= 15 is 4.79 Å². The number of hydrogen-bond acceptors (Lipinski definition) is 19. The van der Waals surface area contributed by atoms with Crippen molar-refractivity contribution >= 4 is 11.8 Å². The van der Waals surface area contributed by atoms with Crippen molar-refractivity contribution in [2.24, 2.45) is 50.2 Å². The lowest BCUT2D eigenvalue weighted by Gasteiger charge is -2.71. The summed E-state index contributed by atoms with van der Waals surface area (Å²) in [4.78, 5) is 26.6. The molecule has 0 amide bonds. The van der Waals surface area contributed by atoms with E-state index in [2.05, 4.69) is 26.8 Å². The van der Waals surface area contributed by atoms with Crippen LogP contribution in [0.2, 0.25) is 0 Å². The van der Waals surface area contributed by atoms with Crippen molar-refractivity contribution in [3.8, 4) is 0 Å². The largest absolute Gasteiger partial charge is 0.463 e. The quantitative estimate of drug-likeness (QED) is 0.0781. The molecule has 0 unspecified atom stereocenters. The van der Waals surface area contributed by atoms with Crippen LogP contribution in [0.1, 0.15) is 107 Å². The van der Waals surface area contributed by atoms with Gasteiger partial charge in [-0.15, -0.1) is 0 Å². The first-order valence-corrected chi connectivity index (χ1v) is 24.7. The average molecular weight is 971 g/mol. The zero-order chi connectivity index (χ0) is 49.8. The monoisotopic (exact) mass is 971 g/mol. The third kappa shape index (κ3) is 8.18. The smallest absolute Gasteiger partial charge is 0.302 e. The number of allylic oxidation sites excluding steroid dienone is 2. The second kappa shape index (κ2) is 18.6. The Balaban J connectivity index is 1.02. The molecule has 10 N–H and O–H groups in total. The first-order valence-electron chi connectivity index (χ1n) is 24.7. The number of ether oxygens (including phenoxy) is 7. The fourth-order valence-corrected chi connectivity index (χ4v) is 14.9. The maximum Gasteiger partial charge on any atom is 0.302 e. The van der Waals surface area contributed by atoms with Crippen LogP contribution in [0.3, 0.4) is 0 Å². The van der Waals surface area contributed by atoms with Crippen molar-refractivity contribution in [3.63, 3.8) is 0 Å². The third-order valence-electron chi connectivity index (χ3n) is 19.4. The zero-order valence-electron chi connectivity index (χ0n) is 40.7. The predicted molar refractivity (Wildman–Crippen MR) is 235 cm³/mol. The van der Waals surface area contributed by atoms with E-state index in [1.807, 2.05) is 27.7 Å². The highest BCUT2D eigenvalue weighted by molar-refractivity contribution is 5.91. The van der Waals surface area contributed by atoms with Crippen molar-refractivity contribution in [1.82, 2.24) is 0 Å². The van der Waals surface area contributed by atoms with E-state index in [0.717, 1.165) is 25.7 Å². The van der Waals surface area contributed by atoms with E-state index in [-0.39, 0.29) is 59.6 Å². The normalized spacial score (nSPS) is 53.5. The molecule has 8 rings (SSSR count). The molecular weight excluding hydrogens is 893 g/mol. The summed E-state index contributed by atoms with van der Waals surface area (Å²) >= 11 is 0. The number of aliphatic hydroxyl groups excluding tert-OH is 10. The molecule has 0 spiro atoms. The van der Waals surface area contributed by atoms with Crippen molar-refractivity contribution in [3.05, 3.63) is 11.6 Å². The fraction of sp³-hybridized carbons (Fsp3) is 0.918. The molecule has 7 fully saturated rings. The molecule has 3 aliphatic heterocycles. The summed E-state index contributed by atoms with van der Waals surface area (Å²) in [5, 5.41) is 107. The molecule has 4 saturated carbocycles. The Bertz CT molecular complexity index is 1900. The van der Waals surface area contributed by atoms with Gasteiger partial charge in [0.25, 0.3) is 0 Å². The molecule has 0 aromatic rings. The van der Waals surface area contributed by atoms with Crippen molar-refractivity contribution < 1.29 is 93.8 Å². The van der Waals surface area contributed by atoms with Gasteiger partial charge in [0.1, 0.15) is 79.9 Å².